The minimum Gasteiger partial charge on any atom is -0.822 e. The molecule has 0 rings (SSSR count). The second-order valence-electron chi connectivity index (χ2n) is 19.2. The predicted molar refractivity (Wildman–Crippen MR) is 248 cm³/mol. The molecule has 7 nitrogen and oxygen atoms in total. The zero-order chi connectivity index (χ0) is 58.9. The van der Waals surface area contributed by atoms with Crippen LogP contribution in [0.3, 0.4) is 0 Å². The van der Waals surface area contributed by atoms with Gasteiger partial charge in [-0.05, 0) is 57.8 Å². The molecule has 3 unspecified atom stereocenters. The SMILES string of the molecule is CCCC[N+](CCCC)(CCCC)C(F)(F)C(F)CC(F)(F)F.CCCC[N+](CCCC)(CCCC)C(F)(F)C(F)CC(F)(F)F.CCCC[N+](CCCC)(CCCC)C(F)(F)C(F)CC(F)(F)F.O=P([O-])([O-])[O-]. The average molecular weight is 1150 g/mol. The van der Waals surface area contributed by atoms with Crippen molar-refractivity contribution < 1.29 is 112 Å². The van der Waals surface area contributed by atoms with E-state index in [1.54, 1.807) is 0 Å². The highest BCUT2D eigenvalue weighted by Crippen LogP contribution is 2.43. The van der Waals surface area contributed by atoms with Gasteiger partial charge in [0.2, 0.25) is 18.5 Å². The Morgan fingerprint density at radius 1 is 0.311 bits per heavy atom. The van der Waals surface area contributed by atoms with Crippen LogP contribution in [0.15, 0.2) is 0 Å². The summed E-state index contributed by atoms with van der Waals surface area (Å²) in [5.74, 6) is 0. The standard InChI is InChI=1S/3C16H30F6N.H3O4P/c3*1-4-7-10-23(11-8-5-2,12-9-6-3)16(21,22)14(17)13-15(18,19)20;1-5(2,3)4/h3*14H,4-13H2,1-3H3;(H3,1,2,3,4)/q3*+1;/p-3. The molecule has 0 aromatic rings. The first-order valence-corrected chi connectivity index (χ1v) is 27.7. The van der Waals surface area contributed by atoms with Gasteiger partial charge < -0.3 is 19.2 Å². The van der Waals surface area contributed by atoms with Crippen LogP contribution in [-0.4, -0.2) is 128 Å². The lowest BCUT2D eigenvalue weighted by molar-refractivity contribution is -1.01. The summed E-state index contributed by atoms with van der Waals surface area (Å²) in [6.07, 6.45) is -20.9. The van der Waals surface area contributed by atoms with Gasteiger partial charge in [0, 0.05) is 0 Å². The van der Waals surface area contributed by atoms with E-state index < -0.39 is 95.7 Å². The Labute approximate surface area is 430 Å². The summed E-state index contributed by atoms with van der Waals surface area (Å²) in [7, 11) is -5.39. The summed E-state index contributed by atoms with van der Waals surface area (Å²) >= 11 is 0. The van der Waals surface area contributed by atoms with Crippen LogP contribution in [-0.2, 0) is 4.57 Å². The van der Waals surface area contributed by atoms with Crippen LogP contribution < -0.4 is 14.7 Å². The topological polar surface area (TPSA) is 86.2 Å². The van der Waals surface area contributed by atoms with Gasteiger partial charge >= 0.3 is 36.7 Å². The van der Waals surface area contributed by atoms with Crippen molar-refractivity contribution in [2.24, 2.45) is 0 Å². The van der Waals surface area contributed by atoms with E-state index in [9.17, 15) is 79.0 Å². The van der Waals surface area contributed by atoms with Crippen LogP contribution in [0.1, 0.15) is 197 Å². The van der Waals surface area contributed by atoms with Crippen molar-refractivity contribution >= 4 is 7.82 Å². The molecule has 0 saturated carbocycles. The minimum atomic E-state index is -5.39. The molecule has 0 amide bonds. The molecular formula is C48H90F18N3O4P. The maximum Gasteiger partial charge on any atom is 0.422 e. The van der Waals surface area contributed by atoms with E-state index in [0.717, 1.165) is 0 Å². The van der Waals surface area contributed by atoms with Crippen LogP contribution in [0.5, 0.6) is 0 Å². The van der Waals surface area contributed by atoms with Crippen LogP contribution in [0.4, 0.5) is 79.0 Å². The smallest absolute Gasteiger partial charge is 0.422 e. The van der Waals surface area contributed by atoms with Crippen LogP contribution >= 0.6 is 7.82 Å². The lowest BCUT2D eigenvalue weighted by Gasteiger charge is -2.45. The fourth-order valence-electron chi connectivity index (χ4n) is 8.36. The number of unbranched alkanes of at least 4 members (excludes halogenated alkanes) is 9. The number of nitrogens with zero attached hydrogens (tertiary/aromatic N) is 3. The van der Waals surface area contributed by atoms with Gasteiger partial charge in [-0.1, -0.05) is 120 Å². The van der Waals surface area contributed by atoms with Gasteiger partial charge in [0.1, 0.15) is 0 Å². The van der Waals surface area contributed by atoms with Crippen LogP contribution in [0.25, 0.3) is 0 Å². The highest BCUT2D eigenvalue weighted by Gasteiger charge is 2.63. The summed E-state index contributed by atoms with van der Waals surface area (Å²) in [5, 5.41) is 0. The maximum atomic E-state index is 14.7. The number of rotatable bonds is 36. The Morgan fingerprint density at radius 3 is 0.500 bits per heavy atom. The van der Waals surface area contributed by atoms with Crippen molar-refractivity contribution in [2.75, 3.05) is 58.9 Å². The third-order valence-electron chi connectivity index (χ3n) is 12.7. The molecule has 0 spiro atoms. The Morgan fingerprint density at radius 2 is 0.419 bits per heavy atom. The van der Waals surface area contributed by atoms with Crippen LogP contribution in [0.2, 0.25) is 0 Å². The first-order chi connectivity index (χ1) is 33.7. The number of hydrogen-bond donors (Lipinski definition) is 0. The molecule has 74 heavy (non-hydrogen) atoms. The van der Waals surface area contributed by atoms with E-state index in [0.29, 0.717) is 116 Å². The molecule has 26 heteroatoms. The quantitative estimate of drug-likeness (QED) is 0.0271. The molecule has 0 saturated heterocycles. The van der Waals surface area contributed by atoms with Crippen molar-refractivity contribution in [1.82, 2.24) is 0 Å². The van der Waals surface area contributed by atoms with Crippen molar-refractivity contribution in [1.29, 1.82) is 0 Å². The Bertz CT molecular complexity index is 1200. The van der Waals surface area contributed by atoms with E-state index in [-0.39, 0.29) is 58.9 Å². The zero-order valence-electron chi connectivity index (χ0n) is 45.2. The summed E-state index contributed by atoms with van der Waals surface area (Å²) < 4.78 is 248. The lowest BCUT2D eigenvalue weighted by atomic mass is 10.1. The third kappa shape index (κ3) is 32.0. The molecule has 0 bridgehead atoms. The Hall–Kier alpha value is -1.27. The molecule has 0 heterocycles. The maximum absolute atomic E-state index is 14.7. The largest absolute Gasteiger partial charge is 0.822 e. The monoisotopic (exact) mass is 1150 g/mol. The first kappa shape index (κ1) is 79.2. The summed E-state index contributed by atoms with van der Waals surface area (Å²) in [4.78, 5) is 25.6. The molecule has 452 valence electrons. The number of phosphoric acid groups is 1. The molecule has 0 aromatic heterocycles. The normalized spacial score (nSPS) is 14.8. The number of quaternary nitrogens is 3. The van der Waals surface area contributed by atoms with E-state index in [4.69, 9.17) is 19.2 Å². The summed E-state index contributed by atoms with van der Waals surface area (Å²) in [5.41, 5.74) is 0. The highest BCUT2D eigenvalue weighted by molar-refractivity contribution is 7.40. The molecule has 0 aliphatic heterocycles. The Balaban J connectivity index is -0.000000473. The summed E-state index contributed by atoms with van der Waals surface area (Å²) in [6, 6.07) is -12.1. The van der Waals surface area contributed by atoms with Gasteiger partial charge in [-0.2, -0.15) is 47.3 Å². The van der Waals surface area contributed by atoms with Crippen molar-refractivity contribution in [3.05, 3.63) is 0 Å². The number of alkyl halides is 18. The first-order valence-electron chi connectivity index (χ1n) is 26.3. The fourth-order valence-corrected chi connectivity index (χ4v) is 8.36. The predicted octanol–water partition coefficient (Wildman–Crippen LogP) is 15.4. The van der Waals surface area contributed by atoms with Crippen molar-refractivity contribution in [2.45, 2.75) is 252 Å². The van der Waals surface area contributed by atoms with Gasteiger partial charge in [-0.15, -0.1) is 26.3 Å². The molecule has 0 radical (unpaired) electrons. The van der Waals surface area contributed by atoms with Gasteiger partial charge in [-0.3, -0.25) is 13.4 Å². The lowest BCUT2D eigenvalue weighted by Crippen LogP contribution is -2.65. The van der Waals surface area contributed by atoms with Gasteiger partial charge in [0.25, 0.3) is 0 Å². The third-order valence-corrected chi connectivity index (χ3v) is 12.7. The molecule has 0 aromatic carbocycles. The van der Waals surface area contributed by atoms with Gasteiger partial charge in [0.15, 0.2) is 0 Å². The minimum absolute atomic E-state index is 0.0157. The van der Waals surface area contributed by atoms with Gasteiger partial charge in [-0.25, -0.2) is 13.2 Å². The number of halogens is 18. The van der Waals surface area contributed by atoms with E-state index in [1.807, 2.05) is 62.3 Å². The number of hydrogen-bond acceptors (Lipinski definition) is 4. The molecule has 3 atom stereocenters. The second-order valence-corrected chi connectivity index (χ2v) is 20.1. The van der Waals surface area contributed by atoms with Gasteiger partial charge in [0.05, 0.1) is 78.2 Å². The molecule has 0 aliphatic carbocycles. The average Bonchev–Trinajstić information content (AvgIpc) is 3.26. The second kappa shape index (κ2) is 37.6. The van der Waals surface area contributed by atoms with E-state index in [1.165, 1.54) is 0 Å². The van der Waals surface area contributed by atoms with E-state index >= 15 is 0 Å². The van der Waals surface area contributed by atoms with Crippen molar-refractivity contribution in [3.63, 3.8) is 0 Å². The molecule has 0 aliphatic rings. The highest BCUT2D eigenvalue weighted by atomic mass is 31.2. The van der Waals surface area contributed by atoms with Crippen molar-refractivity contribution in [3.8, 4) is 0 Å². The Kier molecular flexibility index (Phi) is 40.2. The fraction of sp³-hybridized carbons (Fsp3) is 1.00. The van der Waals surface area contributed by atoms with E-state index in [2.05, 4.69) is 0 Å². The molecular weight excluding hydrogens is 1060 g/mol. The molecule has 0 N–H and O–H groups in total. The van der Waals surface area contributed by atoms with Crippen LogP contribution in [0, 0.1) is 0 Å². The molecule has 0 fully saturated rings. The zero-order valence-corrected chi connectivity index (χ0v) is 46.1. The summed E-state index contributed by atoms with van der Waals surface area (Å²) in [6.45, 7) is 16.6.